The molecule has 2 aromatic carbocycles. The minimum Gasteiger partial charge on any atom is -0.453 e. The number of anilines is 1. The van der Waals surface area contributed by atoms with Crippen LogP contribution in [-0.2, 0) is 0 Å². The van der Waals surface area contributed by atoms with Crippen molar-refractivity contribution >= 4 is 5.69 Å². The van der Waals surface area contributed by atoms with Crippen molar-refractivity contribution in [2.45, 2.75) is 6.92 Å². The highest BCUT2D eigenvalue weighted by Crippen LogP contribution is 2.32. The molecule has 0 unspecified atom stereocenters. The Morgan fingerprint density at radius 1 is 1.21 bits per heavy atom. The summed E-state index contributed by atoms with van der Waals surface area (Å²) in [6.07, 6.45) is 0. The molecule has 0 aliphatic heterocycles. The van der Waals surface area contributed by atoms with Crippen LogP contribution in [0, 0.1) is 29.9 Å². The second kappa shape index (κ2) is 4.94. The highest BCUT2D eigenvalue weighted by atomic mass is 19.1. The number of benzene rings is 2. The monoisotopic (exact) mass is 260 g/mol. The molecule has 0 spiro atoms. The molecular weight excluding hydrogens is 250 g/mol. The zero-order valence-corrected chi connectivity index (χ0v) is 10.1. The third-order valence-corrected chi connectivity index (χ3v) is 2.60. The molecule has 0 radical (unpaired) electrons. The fourth-order valence-electron chi connectivity index (χ4n) is 1.61. The Bertz CT molecular complexity index is 678. The second-order valence-electron chi connectivity index (χ2n) is 3.97. The fraction of sp³-hybridized carbons (Fsp3) is 0.0714. The molecule has 0 fully saturated rings. The number of nitriles is 1. The second-order valence-corrected chi connectivity index (χ2v) is 3.97. The summed E-state index contributed by atoms with van der Waals surface area (Å²) in [5, 5.41) is 8.97. The van der Waals surface area contributed by atoms with Crippen LogP contribution in [0.1, 0.15) is 11.1 Å². The maximum atomic E-state index is 13.6. The maximum Gasteiger partial charge on any atom is 0.167 e. The lowest BCUT2D eigenvalue weighted by molar-refractivity contribution is 0.433. The molecule has 0 aromatic heterocycles. The van der Waals surface area contributed by atoms with Crippen molar-refractivity contribution in [2.24, 2.45) is 0 Å². The minimum atomic E-state index is -0.786. The summed E-state index contributed by atoms with van der Waals surface area (Å²) >= 11 is 0. The molecule has 2 aromatic rings. The van der Waals surface area contributed by atoms with E-state index in [0.29, 0.717) is 5.56 Å². The smallest absolute Gasteiger partial charge is 0.167 e. The number of nitrogens with zero attached hydrogens (tertiary/aromatic N) is 1. The predicted octanol–water partition coefficient (Wildman–Crippen LogP) is 3.52. The van der Waals surface area contributed by atoms with Crippen LogP contribution in [0.4, 0.5) is 14.5 Å². The third kappa shape index (κ3) is 2.47. The lowest BCUT2D eigenvalue weighted by Crippen LogP contribution is -1.97. The topological polar surface area (TPSA) is 59.0 Å². The number of nitrogens with two attached hydrogens (primary N) is 1. The number of ether oxygens (including phenoxy) is 1. The Labute approximate surface area is 108 Å². The summed E-state index contributed by atoms with van der Waals surface area (Å²) < 4.78 is 32.2. The van der Waals surface area contributed by atoms with E-state index in [9.17, 15) is 8.78 Å². The van der Waals surface area contributed by atoms with Gasteiger partial charge in [0.1, 0.15) is 17.6 Å². The van der Waals surface area contributed by atoms with Gasteiger partial charge in [0.25, 0.3) is 0 Å². The van der Waals surface area contributed by atoms with Crippen LogP contribution in [-0.4, -0.2) is 0 Å². The molecule has 0 amide bonds. The van der Waals surface area contributed by atoms with Gasteiger partial charge in [-0.25, -0.2) is 8.78 Å². The highest BCUT2D eigenvalue weighted by Gasteiger charge is 2.13. The quantitative estimate of drug-likeness (QED) is 0.840. The number of hydrogen-bond donors (Lipinski definition) is 1. The van der Waals surface area contributed by atoms with Crippen LogP contribution in [0.2, 0.25) is 0 Å². The molecule has 96 valence electrons. The van der Waals surface area contributed by atoms with Gasteiger partial charge in [-0.05, 0) is 18.6 Å². The van der Waals surface area contributed by atoms with Gasteiger partial charge in [-0.15, -0.1) is 0 Å². The number of hydrogen-bond acceptors (Lipinski definition) is 3. The van der Waals surface area contributed by atoms with Gasteiger partial charge >= 0.3 is 0 Å². The van der Waals surface area contributed by atoms with Crippen LogP contribution in [0.25, 0.3) is 0 Å². The van der Waals surface area contributed by atoms with Gasteiger partial charge in [0.2, 0.25) is 0 Å². The molecule has 0 aliphatic carbocycles. The van der Waals surface area contributed by atoms with Gasteiger partial charge in [-0.2, -0.15) is 5.26 Å². The highest BCUT2D eigenvalue weighted by molar-refractivity contribution is 5.51. The third-order valence-electron chi connectivity index (χ3n) is 2.60. The van der Waals surface area contributed by atoms with Gasteiger partial charge in [0, 0.05) is 12.1 Å². The van der Waals surface area contributed by atoms with E-state index >= 15 is 0 Å². The van der Waals surface area contributed by atoms with Crippen molar-refractivity contribution in [3.8, 4) is 17.6 Å². The number of para-hydroxylation sites is 1. The number of aryl methyl sites for hydroxylation is 1. The first-order chi connectivity index (χ1) is 9.02. The first-order valence-corrected chi connectivity index (χ1v) is 5.45. The number of rotatable bonds is 2. The van der Waals surface area contributed by atoms with Gasteiger partial charge in [-0.1, -0.05) is 12.1 Å². The molecular formula is C14H10F2N2O. The Hall–Kier alpha value is -2.61. The summed E-state index contributed by atoms with van der Waals surface area (Å²) in [6.45, 7) is 1.71. The summed E-state index contributed by atoms with van der Waals surface area (Å²) in [5.74, 6) is -1.67. The molecule has 0 bridgehead atoms. The number of halogens is 2. The standard InChI is InChI=1S/C14H10F2N2O/c1-8-3-2-4-9(7-17)14(8)19-13-6-10(15)12(18)5-11(13)16/h2-6H,18H2,1H3. The average molecular weight is 260 g/mol. The van der Waals surface area contributed by atoms with Crippen LogP contribution in [0.3, 0.4) is 0 Å². The van der Waals surface area contributed by atoms with E-state index in [2.05, 4.69) is 0 Å². The zero-order chi connectivity index (χ0) is 14.0. The zero-order valence-electron chi connectivity index (χ0n) is 10.1. The van der Waals surface area contributed by atoms with Gasteiger partial charge in [0.05, 0.1) is 11.3 Å². The predicted molar refractivity (Wildman–Crippen MR) is 66.7 cm³/mol. The van der Waals surface area contributed by atoms with Crippen LogP contribution in [0.15, 0.2) is 30.3 Å². The number of nitrogen functional groups attached to an aromatic ring is 1. The van der Waals surface area contributed by atoms with Gasteiger partial charge < -0.3 is 10.5 Å². The maximum absolute atomic E-state index is 13.6. The van der Waals surface area contributed by atoms with Crippen LogP contribution >= 0.6 is 0 Å². The van der Waals surface area contributed by atoms with E-state index in [-0.39, 0.29) is 22.7 Å². The Balaban J connectivity index is 2.48. The Kier molecular flexibility index (Phi) is 3.34. The molecule has 2 rings (SSSR count). The van der Waals surface area contributed by atoms with Crippen molar-refractivity contribution in [2.75, 3.05) is 5.73 Å². The first kappa shape index (κ1) is 12.8. The minimum absolute atomic E-state index is 0.202. The normalized spacial score (nSPS) is 10.0. The van der Waals surface area contributed by atoms with Crippen molar-refractivity contribution < 1.29 is 13.5 Å². The molecule has 5 heteroatoms. The Morgan fingerprint density at radius 2 is 1.95 bits per heavy atom. The van der Waals surface area contributed by atoms with E-state index in [1.165, 1.54) is 6.07 Å². The van der Waals surface area contributed by atoms with Crippen molar-refractivity contribution in [1.82, 2.24) is 0 Å². The SMILES string of the molecule is Cc1cccc(C#N)c1Oc1cc(F)c(N)cc1F. The summed E-state index contributed by atoms with van der Waals surface area (Å²) in [6, 6.07) is 8.56. The van der Waals surface area contributed by atoms with E-state index < -0.39 is 11.6 Å². The van der Waals surface area contributed by atoms with Crippen LogP contribution < -0.4 is 10.5 Å². The molecule has 3 nitrogen and oxygen atoms in total. The molecule has 0 aliphatic rings. The van der Waals surface area contributed by atoms with Gasteiger partial charge in [0.15, 0.2) is 11.6 Å². The molecule has 19 heavy (non-hydrogen) atoms. The lowest BCUT2D eigenvalue weighted by atomic mass is 10.1. The van der Waals surface area contributed by atoms with Crippen molar-refractivity contribution in [3.63, 3.8) is 0 Å². The van der Waals surface area contributed by atoms with Crippen molar-refractivity contribution in [1.29, 1.82) is 5.26 Å². The summed E-state index contributed by atoms with van der Waals surface area (Å²) in [7, 11) is 0. The Morgan fingerprint density at radius 3 is 2.63 bits per heavy atom. The van der Waals surface area contributed by atoms with E-state index in [1.54, 1.807) is 19.1 Å². The van der Waals surface area contributed by atoms with E-state index in [0.717, 1.165) is 12.1 Å². The molecule has 0 saturated heterocycles. The largest absolute Gasteiger partial charge is 0.453 e. The first-order valence-electron chi connectivity index (χ1n) is 5.45. The fourth-order valence-corrected chi connectivity index (χ4v) is 1.61. The summed E-state index contributed by atoms with van der Waals surface area (Å²) in [5.41, 5.74) is 5.85. The summed E-state index contributed by atoms with van der Waals surface area (Å²) in [4.78, 5) is 0. The lowest BCUT2D eigenvalue weighted by Gasteiger charge is -2.11. The van der Waals surface area contributed by atoms with E-state index in [4.69, 9.17) is 15.7 Å². The molecule has 0 saturated carbocycles. The molecule has 0 atom stereocenters. The molecule has 0 heterocycles. The average Bonchev–Trinajstić information content (AvgIpc) is 2.38. The van der Waals surface area contributed by atoms with Crippen molar-refractivity contribution in [3.05, 3.63) is 53.1 Å². The van der Waals surface area contributed by atoms with Crippen LogP contribution in [0.5, 0.6) is 11.5 Å². The molecule has 2 N–H and O–H groups in total. The van der Waals surface area contributed by atoms with Gasteiger partial charge in [-0.3, -0.25) is 0 Å². The van der Waals surface area contributed by atoms with E-state index in [1.807, 2.05) is 6.07 Å².